The summed E-state index contributed by atoms with van der Waals surface area (Å²) in [5, 5.41) is 12.1. The number of carboxylic acids is 1. The summed E-state index contributed by atoms with van der Waals surface area (Å²) in [5.74, 6) is -0.853. The molecule has 2 heterocycles. The van der Waals surface area contributed by atoms with Crippen LogP contribution in [0, 0.1) is 18.3 Å². The van der Waals surface area contributed by atoms with E-state index in [4.69, 9.17) is 4.98 Å². The highest BCUT2D eigenvalue weighted by Gasteiger charge is 2.32. The summed E-state index contributed by atoms with van der Waals surface area (Å²) in [4.78, 5) is 31.4. The SMILES string of the molecule is Cc1ccc(-n2c(SCC(=O)[O-])nc3sc4c(c3c2=O)CC[C@@H](C(C)(C)C)C4)cc1. The van der Waals surface area contributed by atoms with E-state index in [-0.39, 0.29) is 16.7 Å². The molecule has 2 aromatic heterocycles. The smallest absolute Gasteiger partial charge is 0.267 e. The fraction of sp³-hybridized carbons (Fsp3) is 0.435. The Hall–Kier alpha value is -2.12. The number of carbonyl (C=O) groups is 1. The van der Waals surface area contributed by atoms with E-state index in [1.165, 1.54) is 4.88 Å². The topological polar surface area (TPSA) is 75.0 Å². The van der Waals surface area contributed by atoms with Gasteiger partial charge in [-0.15, -0.1) is 11.3 Å². The third-order valence-electron chi connectivity index (χ3n) is 5.89. The number of aryl methyl sites for hydroxylation is 2. The highest BCUT2D eigenvalue weighted by molar-refractivity contribution is 7.99. The summed E-state index contributed by atoms with van der Waals surface area (Å²) in [6, 6.07) is 7.63. The van der Waals surface area contributed by atoms with Crippen molar-refractivity contribution in [2.45, 2.75) is 52.1 Å². The Labute approximate surface area is 184 Å². The number of hydrogen-bond donors (Lipinski definition) is 0. The molecule has 0 radical (unpaired) electrons. The zero-order valence-corrected chi connectivity index (χ0v) is 19.3. The zero-order valence-electron chi connectivity index (χ0n) is 17.7. The molecular formula is C23H25N2O3S2-. The van der Waals surface area contributed by atoms with Gasteiger partial charge in [-0.1, -0.05) is 50.2 Å². The van der Waals surface area contributed by atoms with Gasteiger partial charge < -0.3 is 9.90 Å². The molecule has 0 saturated heterocycles. The third-order valence-corrected chi connectivity index (χ3v) is 7.95. The van der Waals surface area contributed by atoms with Crippen molar-refractivity contribution in [1.82, 2.24) is 9.55 Å². The van der Waals surface area contributed by atoms with Gasteiger partial charge in [-0.05, 0) is 55.2 Å². The van der Waals surface area contributed by atoms with Crippen molar-refractivity contribution in [3.05, 3.63) is 50.6 Å². The number of carboxylic acid groups (broad SMARTS) is 1. The predicted octanol–water partition coefficient (Wildman–Crippen LogP) is 3.75. The molecule has 0 spiro atoms. The van der Waals surface area contributed by atoms with E-state index in [1.807, 2.05) is 31.2 Å². The van der Waals surface area contributed by atoms with Crippen molar-refractivity contribution in [1.29, 1.82) is 0 Å². The Morgan fingerprint density at radius 3 is 2.63 bits per heavy atom. The van der Waals surface area contributed by atoms with Crippen molar-refractivity contribution < 1.29 is 9.90 Å². The summed E-state index contributed by atoms with van der Waals surface area (Å²) in [5.41, 5.74) is 3.02. The fourth-order valence-electron chi connectivity index (χ4n) is 4.09. The second-order valence-electron chi connectivity index (χ2n) is 9.02. The molecule has 4 rings (SSSR count). The molecule has 0 saturated carbocycles. The summed E-state index contributed by atoms with van der Waals surface area (Å²) < 4.78 is 1.55. The first-order chi connectivity index (χ1) is 14.1. The van der Waals surface area contributed by atoms with E-state index < -0.39 is 5.97 Å². The fourth-order valence-corrected chi connectivity index (χ4v) is 6.16. The molecular weight excluding hydrogens is 416 g/mol. The van der Waals surface area contributed by atoms with Crippen LogP contribution in [0.15, 0.2) is 34.2 Å². The van der Waals surface area contributed by atoms with E-state index >= 15 is 0 Å². The number of aromatic nitrogens is 2. The molecule has 1 aromatic carbocycles. The highest BCUT2D eigenvalue weighted by atomic mass is 32.2. The van der Waals surface area contributed by atoms with E-state index in [1.54, 1.807) is 15.9 Å². The molecule has 1 aliphatic carbocycles. The maximum Gasteiger partial charge on any atom is 0.267 e. The molecule has 0 fully saturated rings. The summed E-state index contributed by atoms with van der Waals surface area (Å²) >= 11 is 2.62. The van der Waals surface area contributed by atoms with E-state index in [9.17, 15) is 14.7 Å². The number of carbonyl (C=O) groups excluding carboxylic acids is 1. The van der Waals surface area contributed by atoms with E-state index in [0.29, 0.717) is 27.0 Å². The highest BCUT2D eigenvalue weighted by Crippen LogP contribution is 2.42. The predicted molar refractivity (Wildman–Crippen MR) is 121 cm³/mol. The second-order valence-corrected chi connectivity index (χ2v) is 11.0. The normalized spacial score (nSPS) is 16.6. The van der Waals surface area contributed by atoms with Gasteiger partial charge in [0.15, 0.2) is 5.16 Å². The van der Waals surface area contributed by atoms with Gasteiger partial charge in [-0.25, -0.2) is 4.98 Å². The molecule has 0 unspecified atom stereocenters. The van der Waals surface area contributed by atoms with Gasteiger partial charge in [0.25, 0.3) is 5.56 Å². The average molecular weight is 442 g/mol. The lowest BCUT2D eigenvalue weighted by Gasteiger charge is -2.33. The molecule has 5 nitrogen and oxygen atoms in total. The molecule has 7 heteroatoms. The van der Waals surface area contributed by atoms with Crippen LogP contribution in [0.4, 0.5) is 0 Å². The Morgan fingerprint density at radius 1 is 1.30 bits per heavy atom. The van der Waals surface area contributed by atoms with E-state index in [2.05, 4.69) is 20.8 Å². The first-order valence-electron chi connectivity index (χ1n) is 10.1. The van der Waals surface area contributed by atoms with E-state index in [0.717, 1.165) is 42.2 Å². The van der Waals surface area contributed by atoms with Crippen LogP contribution in [-0.4, -0.2) is 21.3 Å². The van der Waals surface area contributed by atoms with Crippen LogP contribution < -0.4 is 10.7 Å². The number of rotatable bonds is 4. The molecule has 3 aromatic rings. The minimum atomic E-state index is -1.18. The van der Waals surface area contributed by atoms with Crippen LogP contribution in [-0.2, 0) is 17.6 Å². The maximum atomic E-state index is 13.6. The lowest BCUT2D eigenvalue weighted by Crippen LogP contribution is -2.27. The number of hydrogen-bond acceptors (Lipinski definition) is 6. The van der Waals surface area contributed by atoms with Gasteiger partial charge in [0.1, 0.15) is 4.83 Å². The van der Waals surface area contributed by atoms with Gasteiger partial charge >= 0.3 is 0 Å². The number of thiophene rings is 1. The Bertz CT molecular complexity index is 1170. The minimum absolute atomic E-state index is 0.114. The number of fused-ring (bicyclic) bond motifs is 3. The second kappa shape index (κ2) is 7.85. The third kappa shape index (κ3) is 3.93. The van der Waals surface area contributed by atoms with Gasteiger partial charge in [-0.2, -0.15) is 0 Å². The number of benzene rings is 1. The summed E-state index contributed by atoms with van der Waals surface area (Å²) in [7, 11) is 0. The van der Waals surface area contributed by atoms with Crippen LogP contribution >= 0.6 is 23.1 Å². The van der Waals surface area contributed by atoms with Gasteiger partial charge in [0.2, 0.25) is 0 Å². The molecule has 0 N–H and O–H groups in total. The minimum Gasteiger partial charge on any atom is -0.549 e. The summed E-state index contributed by atoms with van der Waals surface area (Å²) in [6.07, 6.45) is 2.91. The standard InChI is InChI=1S/C23H26N2O3S2/c1-13-5-8-15(9-6-13)25-21(28)19-16-10-7-14(23(2,3)4)11-17(16)30-20(19)24-22(25)29-12-18(26)27/h5-6,8-9,14H,7,10-12H2,1-4H3,(H,26,27)/p-1/t14-/m1/s1. The van der Waals surface area contributed by atoms with Gasteiger partial charge in [-0.3, -0.25) is 9.36 Å². The molecule has 0 amide bonds. The molecule has 1 atom stereocenters. The molecule has 0 bridgehead atoms. The monoisotopic (exact) mass is 441 g/mol. The van der Waals surface area contributed by atoms with Crippen LogP contribution in [0.3, 0.4) is 0 Å². The van der Waals surface area contributed by atoms with Crippen molar-refractivity contribution in [2.24, 2.45) is 11.3 Å². The van der Waals surface area contributed by atoms with Crippen molar-refractivity contribution >= 4 is 39.3 Å². The average Bonchev–Trinajstić information content (AvgIpc) is 3.04. The first-order valence-corrected chi connectivity index (χ1v) is 11.9. The number of aliphatic carboxylic acids is 1. The van der Waals surface area contributed by atoms with Crippen molar-refractivity contribution in [3.8, 4) is 5.69 Å². The van der Waals surface area contributed by atoms with Gasteiger partial charge in [0, 0.05) is 10.6 Å². The lowest BCUT2D eigenvalue weighted by molar-refractivity contribution is -0.301. The Balaban J connectivity index is 1.90. The van der Waals surface area contributed by atoms with Crippen molar-refractivity contribution in [3.63, 3.8) is 0 Å². The number of thioether (sulfide) groups is 1. The largest absolute Gasteiger partial charge is 0.549 e. The van der Waals surface area contributed by atoms with Gasteiger partial charge in [0.05, 0.1) is 17.0 Å². The maximum absolute atomic E-state index is 13.6. The number of nitrogens with zero attached hydrogens (tertiary/aromatic N) is 2. The summed E-state index contributed by atoms with van der Waals surface area (Å²) in [6.45, 7) is 8.80. The van der Waals surface area contributed by atoms with Crippen LogP contribution in [0.5, 0.6) is 0 Å². The Kier molecular flexibility index (Phi) is 5.53. The lowest BCUT2D eigenvalue weighted by atomic mass is 9.72. The van der Waals surface area contributed by atoms with Crippen LogP contribution in [0.2, 0.25) is 0 Å². The Morgan fingerprint density at radius 2 is 2.00 bits per heavy atom. The van der Waals surface area contributed by atoms with Crippen LogP contribution in [0.25, 0.3) is 15.9 Å². The quantitative estimate of drug-likeness (QED) is 0.455. The molecule has 158 valence electrons. The van der Waals surface area contributed by atoms with Crippen LogP contribution in [0.1, 0.15) is 43.2 Å². The van der Waals surface area contributed by atoms with Crippen molar-refractivity contribution in [2.75, 3.05) is 5.75 Å². The zero-order chi connectivity index (χ0) is 21.6. The molecule has 1 aliphatic rings. The first kappa shape index (κ1) is 21.1. The molecule has 0 aliphatic heterocycles. The molecule has 30 heavy (non-hydrogen) atoms.